The van der Waals surface area contributed by atoms with Crippen molar-refractivity contribution < 1.29 is 11.6 Å². The average Bonchev–Trinajstić information content (AvgIpc) is 2.18. The maximum absolute atomic E-state index is 12.0. The molecule has 0 radical (unpaired) electrons. The first kappa shape index (κ1) is 4.89. The molecular weight excluding hydrogens is 164 g/mol. The van der Waals surface area contributed by atoms with Gasteiger partial charge in [0, 0.05) is 44.9 Å². The van der Waals surface area contributed by atoms with E-state index in [1.165, 1.54) is 4.90 Å². The van der Waals surface area contributed by atoms with Gasteiger partial charge in [-0.05, 0) is 13.5 Å². The zero-order valence-corrected chi connectivity index (χ0v) is 7.79. The van der Waals surface area contributed by atoms with E-state index in [9.17, 15) is 4.79 Å². The van der Waals surface area contributed by atoms with Gasteiger partial charge >= 0.3 is 0 Å². The van der Waals surface area contributed by atoms with E-state index < -0.39 is 13.3 Å². The lowest BCUT2D eigenvalue weighted by molar-refractivity contribution is -0.136. The van der Waals surface area contributed by atoms with Crippen LogP contribution >= 0.6 is 0 Å². The number of likely N-dealkylation sites (tertiary alicyclic amines) is 2. The van der Waals surface area contributed by atoms with Gasteiger partial charge < -0.3 is 9.80 Å². The summed E-state index contributed by atoms with van der Waals surface area (Å²) in [6.45, 7) is -3.48. The first-order valence-corrected chi connectivity index (χ1v) is 4.60. The molecule has 2 aliphatic heterocycles. The summed E-state index contributed by atoms with van der Waals surface area (Å²) in [7, 11) is 1.93. The van der Waals surface area contributed by atoms with Crippen LogP contribution in [0.15, 0.2) is 0 Å². The minimum atomic E-state index is -2.69. The third-order valence-corrected chi connectivity index (χ3v) is 2.91. The molecule has 0 aromatic heterocycles. The SMILES string of the molecule is [2H]C([2H])([2H])C([2H])([2H])N1C[C@H]2CN(C)C[C@@H](C1)C2=O. The summed E-state index contributed by atoms with van der Waals surface area (Å²) in [5.41, 5.74) is 0. The molecule has 2 heterocycles. The highest BCUT2D eigenvalue weighted by Gasteiger charge is 2.39. The van der Waals surface area contributed by atoms with Crippen LogP contribution in [0.5, 0.6) is 0 Å². The van der Waals surface area contributed by atoms with Crippen molar-refractivity contribution >= 4 is 5.78 Å². The van der Waals surface area contributed by atoms with E-state index in [1.807, 2.05) is 7.05 Å². The molecule has 0 aromatic rings. The molecule has 0 unspecified atom stereocenters. The summed E-state index contributed by atoms with van der Waals surface area (Å²) in [6.07, 6.45) is 0. The van der Waals surface area contributed by atoms with Crippen LogP contribution in [0.1, 0.15) is 13.7 Å². The summed E-state index contributed by atoms with van der Waals surface area (Å²) < 4.78 is 37.4. The van der Waals surface area contributed by atoms with Crippen LogP contribution in [-0.2, 0) is 4.79 Å². The van der Waals surface area contributed by atoms with Crippen LogP contribution in [-0.4, -0.2) is 55.3 Å². The minimum Gasteiger partial charge on any atom is -0.305 e. The Morgan fingerprint density at radius 2 is 2.08 bits per heavy atom. The van der Waals surface area contributed by atoms with E-state index in [1.54, 1.807) is 0 Å². The third-order valence-electron chi connectivity index (χ3n) is 2.91. The highest BCUT2D eigenvalue weighted by molar-refractivity contribution is 5.85. The van der Waals surface area contributed by atoms with E-state index in [0.717, 1.165) is 0 Å². The van der Waals surface area contributed by atoms with Crippen molar-refractivity contribution in [3.8, 4) is 0 Å². The number of carbonyl (C=O) groups is 1. The zero-order valence-electron chi connectivity index (χ0n) is 12.8. The van der Waals surface area contributed by atoms with Crippen molar-refractivity contribution in [1.29, 1.82) is 0 Å². The molecular formula is C10H18N2O. The lowest BCUT2D eigenvalue weighted by atomic mass is 9.83. The topological polar surface area (TPSA) is 23.6 Å². The summed E-state index contributed by atoms with van der Waals surface area (Å²) in [5.74, 6) is -0.370. The number of ketones is 1. The van der Waals surface area contributed by atoms with Gasteiger partial charge in [0.15, 0.2) is 0 Å². The lowest BCUT2D eigenvalue weighted by Crippen LogP contribution is -2.57. The number of rotatable bonds is 1. The van der Waals surface area contributed by atoms with Crippen LogP contribution in [0.25, 0.3) is 0 Å². The molecule has 0 N–H and O–H groups in total. The molecule has 0 aliphatic carbocycles. The van der Waals surface area contributed by atoms with E-state index >= 15 is 0 Å². The fourth-order valence-electron chi connectivity index (χ4n) is 2.33. The molecule has 0 saturated carbocycles. The van der Waals surface area contributed by atoms with E-state index in [-0.39, 0.29) is 30.7 Å². The van der Waals surface area contributed by atoms with Crippen molar-refractivity contribution in [2.45, 2.75) is 6.85 Å². The van der Waals surface area contributed by atoms with Gasteiger partial charge in [-0.1, -0.05) is 6.85 Å². The Labute approximate surface area is 86.7 Å². The molecule has 3 heteroatoms. The molecule has 2 bridgehead atoms. The van der Waals surface area contributed by atoms with Gasteiger partial charge in [-0.2, -0.15) is 0 Å². The first-order valence-electron chi connectivity index (χ1n) is 7.10. The van der Waals surface area contributed by atoms with Crippen molar-refractivity contribution in [3.63, 3.8) is 0 Å². The number of hydrogen-bond donors (Lipinski definition) is 0. The molecule has 2 atom stereocenters. The quantitative estimate of drug-likeness (QED) is 0.580. The maximum atomic E-state index is 12.0. The Balaban J connectivity index is 2.18. The first-order chi connectivity index (χ1) is 8.13. The van der Waals surface area contributed by atoms with Gasteiger partial charge in [0.1, 0.15) is 5.78 Å². The zero-order chi connectivity index (χ0) is 13.7. The molecule has 0 aromatic carbocycles. The average molecular weight is 187 g/mol. The number of fused-ring (bicyclic) bond motifs is 2. The Morgan fingerprint density at radius 3 is 2.62 bits per heavy atom. The van der Waals surface area contributed by atoms with Gasteiger partial charge in [0.05, 0.1) is 0 Å². The van der Waals surface area contributed by atoms with E-state index in [0.29, 0.717) is 13.1 Å². The van der Waals surface area contributed by atoms with Crippen molar-refractivity contribution in [2.75, 3.05) is 39.7 Å². The fourth-order valence-corrected chi connectivity index (χ4v) is 2.33. The predicted molar refractivity (Wildman–Crippen MR) is 51.6 cm³/mol. The molecule has 2 saturated heterocycles. The Morgan fingerprint density at radius 1 is 1.46 bits per heavy atom. The molecule has 3 nitrogen and oxygen atoms in total. The van der Waals surface area contributed by atoms with Gasteiger partial charge in [0.25, 0.3) is 0 Å². The van der Waals surface area contributed by atoms with Crippen molar-refractivity contribution in [3.05, 3.63) is 0 Å². The molecule has 2 aliphatic rings. The minimum absolute atomic E-state index is 0.158. The predicted octanol–water partition coefficient (Wildman–Crippen LogP) is 0.0688. The van der Waals surface area contributed by atoms with E-state index in [2.05, 4.69) is 4.90 Å². The Bertz CT molecular complexity index is 339. The molecule has 0 spiro atoms. The second kappa shape index (κ2) is 3.39. The second-order valence-electron chi connectivity index (χ2n) is 4.03. The highest BCUT2D eigenvalue weighted by atomic mass is 16.1. The van der Waals surface area contributed by atoms with Crippen LogP contribution in [0, 0.1) is 11.8 Å². The summed E-state index contributed by atoms with van der Waals surface area (Å²) in [4.78, 5) is 15.3. The van der Waals surface area contributed by atoms with Gasteiger partial charge in [-0.3, -0.25) is 4.79 Å². The van der Waals surface area contributed by atoms with Crippen LogP contribution < -0.4 is 0 Å². The number of piperidine rings is 2. The summed E-state index contributed by atoms with van der Waals surface area (Å²) in [6, 6.07) is 0. The number of nitrogens with zero attached hydrogens (tertiary/aromatic N) is 2. The smallest absolute Gasteiger partial charge is 0.144 e. The van der Waals surface area contributed by atoms with Crippen molar-refractivity contribution in [1.82, 2.24) is 9.80 Å². The molecule has 2 rings (SSSR count). The van der Waals surface area contributed by atoms with Gasteiger partial charge in [0.2, 0.25) is 0 Å². The van der Waals surface area contributed by atoms with E-state index in [4.69, 9.17) is 6.85 Å². The van der Waals surface area contributed by atoms with Crippen LogP contribution in [0.2, 0.25) is 0 Å². The normalized spacial score (nSPS) is 44.4. The van der Waals surface area contributed by atoms with Crippen LogP contribution in [0.3, 0.4) is 0 Å². The molecule has 2 fully saturated rings. The molecule has 13 heavy (non-hydrogen) atoms. The van der Waals surface area contributed by atoms with Gasteiger partial charge in [-0.15, -0.1) is 0 Å². The largest absolute Gasteiger partial charge is 0.305 e. The molecule has 74 valence electrons. The summed E-state index contributed by atoms with van der Waals surface area (Å²) in [5, 5.41) is 0. The van der Waals surface area contributed by atoms with Crippen molar-refractivity contribution in [2.24, 2.45) is 11.8 Å². The summed E-state index contributed by atoms with van der Waals surface area (Å²) >= 11 is 0. The number of Topliss-reactive ketones (excluding diaryl/α,β-unsaturated/α-hetero) is 1. The Hall–Kier alpha value is -0.410. The lowest BCUT2D eigenvalue weighted by Gasteiger charge is -2.43. The molecule has 0 amide bonds. The monoisotopic (exact) mass is 187 g/mol. The number of carbonyl (C=O) groups excluding carboxylic acids is 1. The fraction of sp³-hybridized carbons (Fsp3) is 0.900. The number of hydrogen-bond acceptors (Lipinski definition) is 3. The van der Waals surface area contributed by atoms with Crippen LogP contribution in [0.4, 0.5) is 0 Å². The third kappa shape index (κ3) is 1.63. The second-order valence-corrected chi connectivity index (χ2v) is 4.03. The standard InChI is InChI=1S/C10H18N2O/c1-3-12-6-8-4-11(2)5-9(7-12)10(8)13/h8-9H,3-7H2,1-2H3/t8-,9+/i1D3,3D2. The maximum Gasteiger partial charge on any atom is 0.144 e. The Kier molecular flexibility index (Phi) is 1.27. The van der Waals surface area contributed by atoms with Gasteiger partial charge in [-0.25, -0.2) is 0 Å². The highest BCUT2D eigenvalue weighted by Crippen LogP contribution is 2.24.